The first kappa shape index (κ1) is 26.8. The van der Waals surface area contributed by atoms with Gasteiger partial charge in [-0.1, -0.05) is 44.2 Å². The average Bonchev–Trinajstić information content (AvgIpc) is 3.42. The van der Waals surface area contributed by atoms with Crippen LogP contribution in [-0.4, -0.2) is 34.2 Å². The lowest BCUT2D eigenvalue weighted by Gasteiger charge is -2.21. The number of nitrogens with two attached hydrogens (primary N) is 1. The minimum absolute atomic E-state index is 0. The molecule has 7 nitrogen and oxygen atoms in total. The van der Waals surface area contributed by atoms with Gasteiger partial charge in [-0.2, -0.15) is 18.2 Å². The van der Waals surface area contributed by atoms with E-state index in [1.54, 1.807) is 4.90 Å². The second-order valence-corrected chi connectivity index (χ2v) is 8.02. The number of likely N-dealkylation sites (tertiary alicyclic amines) is 1. The first-order valence-electron chi connectivity index (χ1n) is 11.1. The van der Waals surface area contributed by atoms with Gasteiger partial charge in [-0.05, 0) is 37.5 Å². The molecule has 0 aliphatic carbocycles. The SMILES string of the molecule is CCCCCCCCOc1ccc(-c2noc(C3CCCN3C(=N)N)n2)cc1C(F)(F)F.Cl. The summed E-state index contributed by atoms with van der Waals surface area (Å²) in [5.41, 5.74) is 4.91. The van der Waals surface area contributed by atoms with Crippen LogP contribution >= 0.6 is 12.4 Å². The van der Waals surface area contributed by atoms with E-state index in [0.717, 1.165) is 38.2 Å². The van der Waals surface area contributed by atoms with Gasteiger partial charge >= 0.3 is 6.18 Å². The molecule has 1 aromatic carbocycles. The molecular weight excluding hydrogens is 459 g/mol. The molecule has 3 rings (SSSR count). The van der Waals surface area contributed by atoms with Crippen LogP contribution < -0.4 is 10.5 Å². The van der Waals surface area contributed by atoms with Gasteiger partial charge in [0.15, 0.2) is 5.96 Å². The minimum Gasteiger partial charge on any atom is -0.493 e. The molecule has 0 bridgehead atoms. The Morgan fingerprint density at radius 2 is 1.97 bits per heavy atom. The van der Waals surface area contributed by atoms with E-state index in [0.29, 0.717) is 19.4 Å². The van der Waals surface area contributed by atoms with Gasteiger partial charge < -0.3 is 19.9 Å². The van der Waals surface area contributed by atoms with Crippen LogP contribution in [0.5, 0.6) is 5.75 Å². The zero-order valence-electron chi connectivity index (χ0n) is 18.7. The monoisotopic (exact) mass is 489 g/mol. The van der Waals surface area contributed by atoms with Crippen LogP contribution in [-0.2, 0) is 6.18 Å². The van der Waals surface area contributed by atoms with Crippen LogP contribution in [0.15, 0.2) is 22.7 Å². The number of aromatic nitrogens is 2. The Labute approximate surface area is 197 Å². The van der Waals surface area contributed by atoms with Gasteiger partial charge in [0.25, 0.3) is 0 Å². The molecule has 0 radical (unpaired) electrons. The largest absolute Gasteiger partial charge is 0.493 e. The summed E-state index contributed by atoms with van der Waals surface area (Å²) in [5, 5.41) is 11.5. The van der Waals surface area contributed by atoms with Gasteiger partial charge in [-0.15, -0.1) is 12.4 Å². The number of hydrogen-bond donors (Lipinski definition) is 2. The molecule has 1 saturated heterocycles. The van der Waals surface area contributed by atoms with Gasteiger partial charge in [0.05, 0.1) is 12.2 Å². The van der Waals surface area contributed by atoms with Crippen molar-refractivity contribution in [3.8, 4) is 17.1 Å². The Hall–Kier alpha value is -2.49. The van der Waals surface area contributed by atoms with E-state index in [2.05, 4.69) is 17.1 Å². The first-order valence-corrected chi connectivity index (χ1v) is 11.1. The number of nitrogens with one attached hydrogen (secondary N) is 1. The minimum atomic E-state index is -4.57. The van der Waals surface area contributed by atoms with Crippen molar-refractivity contribution in [2.24, 2.45) is 5.73 Å². The zero-order chi connectivity index (χ0) is 23.1. The molecule has 33 heavy (non-hydrogen) atoms. The summed E-state index contributed by atoms with van der Waals surface area (Å²) in [6.45, 7) is 2.97. The molecule has 1 aliphatic rings. The highest BCUT2D eigenvalue weighted by atomic mass is 35.5. The number of guanidine groups is 1. The lowest BCUT2D eigenvalue weighted by molar-refractivity contribution is -0.138. The Bertz CT molecular complexity index is 906. The van der Waals surface area contributed by atoms with E-state index in [4.69, 9.17) is 20.4 Å². The summed E-state index contributed by atoms with van der Waals surface area (Å²) < 4.78 is 51.7. The fourth-order valence-corrected chi connectivity index (χ4v) is 3.88. The molecule has 1 aliphatic heterocycles. The van der Waals surface area contributed by atoms with Gasteiger partial charge in [0.2, 0.25) is 11.7 Å². The summed E-state index contributed by atoms with van der Waals surface area (Å²) in [6.07, 6.45) is 3.08. The number of ether oxygens (including phenoxy) is 1. The van der Waals surface area contributed by atoms with Crippen LogP contribution in [0.25, 0.3) is 11.4 Å². The maximum Gasteiger partial charge on any atom is 0.419 e. The normalized spacial score (nSPS) is 16.0. The van der Waals surface area contributed by atoms with E-state index < -0.39 is 11.7 Å². The molecule has 2 aromatic rings. The van der Waals surface area contributed by atoms with Crippen LogP contribution in [0.2, 0.25) is 0 Å². The van der Waals surface area contributed by atoms with Gasteiger partial charge in [0.1, 0.15) is 11.8 Å². The van der Waals surface area contributed by atoms with Crippen molar-refractivity contribution in [2.75, 3.05) is 13.2 Å². The van der Waals surface area contributed by atoms with Gasteiger partial charge in [0, 0.05) is 12.1 Å². The Morgan fingerprint density at radius 3 is 2.67 bits per heavy atom. The molecule has 0 saturated carbocycles. The molecule has 3 N–H and O–H groups in total. The van der Waals surface area contributed by atoms with E-state index in [9.17, 15) is 13.2 Å². The fraction of sp³-hybridized carbons (Fsp3) is 0.591. The number of benzene rings is 1. The van der Waals surface area contributed by atoms with E-state index in [-0.39, 0.29) is 54.0 Å². The number of nitrogens with zero attached hydrogens (tertiary/aromatic N) is 3. The predicted molar refractivity (Wildman–Crippen MR) is 121 cm³/mol. The topological polar surface area (TPSA) is 101 Å². The van der Waals surface area contributed by atoms with Gasteiger partial charge in [-0.25, -0.2) is 0 Å². The van der Waals surface area contributed by atoms with Gasteiger partial charge in [-0.3, -0.25) is 5.41 Å². The molecule has 1 atom stereocenters. The third kappa shape index (κ3) is 6.99. The smallest absolute Gasteiger partial charge is 0.419 e. The summed E-state index contributed by atoms with van der Waals surface area (Å²) >= 11 is 0. The van der Waals surface area contributed by atoms with E-state index in [1.165, 1.54) is 18.6 Å². The number of unbranched alkanes of at least 4 members (excludes halogenated alkanes) is 5. The number of hydrogen-bond acceptors (Lipinski definition) is 5. The molecule has 0 amide bonds. The molecule has 0 spiro atoms. The zero-order valence-corrected chi connectivity index (χ0v) is 19.5. The lowest BCUT2D eigenvalue weighted by Crippen LogP contribution is -2.35. The Morgan fingerprint density at radius 1 is 1.24 bits per heavy atom. The van der Waals surface area contributed by atoms with Crippen molar-refractivity contribution in [1.29, 1.82) is 5.41 Å². The summed E-state index contributed by atoms with van der Waals surface area (Å²) in [5.74, 6) is 0.00332. The van der Waals surface area contributed by atoms with Crippen LogP contribution in [0.1, 0.15) is 75.8 Å². The highest BCUT2D eigenvalue weighted by Crippen LogP contribution is 2.39. The van der Waals surface area contributed by atoms with Crippen LogP contribution in [0.3, 0.4) is 0 Å². The Kier molecular flexibility index (Phi) is 9.82. The third-order valence-corrected chi connectivity index (χ3v) is 5.59. The maximum atomic E-state index is 13.7. The van der Waals surface area contributed by atoms with Crippen LogP contribution in [0.4, 0.5) is 13.2 Å². The van der Waals surface area contributed by atoms with E-state index >= 15 is 0 Å². The number of alkyl halides is 3. The second kappa shape index (κ2) is 12.1. The average molecular weight is 490 g/mol. The number of rotatable bonds is 10. The predicted octanol–water partition coefficient (Wildman–Crippen LogP) is 5.95. The van der Waals surface area contributed by atoms with Crippen molar-refractivity contribution >= 4 is 18.4 Å². The summed E-state index contributed by atoms with van der Waals surface area (Å²) in [4.78, 5) is 5.92. The van der Waals surface area contributed by atoms with Crippen molar-refractivity contribution in [2.45, 2.75) is 70.5 Å². The molecule has 1 fully saturated rings. The van der Waals surface area contributed by atoms with Crippen molar-refractivity contribution in [1.82, 2.24) is 15.0 Å². The molecular formula is C22H31ClF3N5O2. The Balaban J connectivity index is 0.00000385. The summed E-state index contributed by atoms with van der Waals surface area (Å²) in [6, 6.07) is 3.46. The fourth-order valence-electron chi connectivity index (χ4n) is 3.88. The van der Waals surface area contributed by atoms with Crippen molar-refractivity contribution in [3.63, 3.8) is 0 Å². The molecule has 2 heterocycles. The second-order valence-electron chi connectivity index (χ2n) is 8.02. The summed E-state index contributed by atoms with van der Waals surface area (Å²) in [7, 11) is 0. The van der Waals surface area contributed by atoms with Crippen LogP contribution in [0, 0.1) is 5.41 Å². The quantitative estimate of drug-likeness (QED) is 0.243. The number of halogens is 4. The third-order valence-electron chi connectivity index (χ3n) is 5.59. The first-order chi connectivity index (χ1) is 15.3. The highest BCUT2D eigenvalue weighted by Gasteiger charge is 2.36. The maximum absolute atomic E-state index is 13.7. The lowest BCUT2D eigenvalue weighted by atomic mass is 10.1. The highest BCUT2D eigenvalue weighted by molar-refractivity contribution is 5.85. The van der Waals surface area contributed by atoms with E-state index in [1.807, 2.05) is 0 Å². The molecule has 1 unspecified atom stereocenters. The van der Waals surface area contributed by atoms with Crippen molar-refractivity contribution in [3.05, 3.63) is 29.7 Å². The molecule has 184 valence electrons. The van der Waals surface area contributed by atoms with Crippen molar-refractivity contribution < 1.29 is 22.4 Å². The molecule has 1 aromatic heterocycles. The standard InChI is InChI=1S/C22H30F3N5O2.ClH/c1-2-3-4-5-6-7-13-31-18-11-10-15(14-16(18)22(23,24)25)19-28-20(32-29-19)17-9-8-12-30(17)21(26)27;/h10-11,14,17H,2-9,12-13H2,1H3,(H3,26,27);1H. The molecule has 11 heteroatoms.